The summed E-state index contributed by atoms with van der Waals surface area (Å²) in [6.07, 6.45) is -4.09. The van der Waals surface area contributed by atoms with Crippen LogP contribution in [0.4, 0.5) is 13.2 Å². The molecule has 0 aliphatic rings. The predicted molar refractivity (Wildman–Crippen MR) is 90.2 cm³/mol. The topological polar surface area (TPSA) is 52.0 Å². The van der Waals surface area contributed by atoms with E-state index in [0.29, 0.717) is 9.59 Å². The van der Waals surface area contributed by atoms with Gasteiger partial charge in [-0.1, -0.05) is 29.3 Å². The Morgan fingerprint density at radius 1 is 1.00 bits per heavy atom. The molecule has 1 aromatic heterocycles. The molecular formula is C17H12ClF3N2O2S. The van der Waals surface area contributed by atoms with Gasteiger partial charge in [0.15, 0.2) is 10.7 Å². The van der Waals surface area contributed by atoms with Crippen molar-refractivity contribution in [2.75, 3.05) is 0 Å². The SMILES string of the molecule is Cc1ccc(S(=O)(=O)c2ncn(-c3ccc(Cl)cc3)c2C(F)(F)F)cc1. The third-order valence-electron chi connectivity index (χ3n) is 3.69. The number of sulfone groups is 1. The van der Waals surface area contributed by atoms with Gasteiger partial charge in [-0.05, 0) is 43.3 Å². The van der Waals surface area contributed by atoms with Crippen LogP contribution in [0.3, 0.4) is 0 Å². The molecule has 3 rings (SSSR count). The van der Waals surface area contributed by atoms with Crippen LogP contribution in [0.15, 0.2) is 64.8 Å². The maximum atomic E-state index is 13.7. The molecule has 0 aliphatic heterocycles. The highest BCUT2D eigenvalue weighted by Gasteiger charge is 2.43. The largest absolute Gasteiger partial charge is 0.434 e. The Bertz CT molecular complexity index is 1040. The fourth-order valence-electron chi connectivity index (χ4n) is 2.41. The average molecular weight is 401 g/mol. The lowest BCUT2D eigenvalue weighted by molar-refractivity contribution is -0.144. The molecule has 0 unspecified atom stereocenters. The number of aryl methyl sites for hydroxylation is 1. The number of imidazole rings is 1. The van der Waals surface area contributed by atoms with Gasteiger partial charge in [0.1, 0.15) is 6.33 Å². The predicted octanol–water partition coefficient (Wildman–Crippen LogP) is 4.69. The van der Waals surface area contributed by atoms with E-state index in [0.717, 1.165) is 11.9 Å². The minimum absolute atomic E-state index is 0.0968. The normalized spacial score (nSPS) is 12.3. The first-order chi connectivity index (χ1) is 12.1. The summed E-state index contributed by atoms with van der Waals surface area (Å²) in [5.41, 5.74) is -0.480. The van der Waals surface area contributed by atoms with Crippen LogP contribution < -0.4 is 0 Å². The Morgan fingerprint density at radius 3 is 2.12 bits per heavy atom. The van der Waals surface area contributed by atoms with Crippen LogP contribution in [-0.4, -0.2) is 18.0 Å². The summed E-state index contributed by atoms with van der Waals surface area (Å²) in [7, 11) is -4.44. The van der Waals surface area contributed by atoms with E-state index < -0.39 is 26.7 Å². The fourth-order valence-corrected chi connectivity index (χ4v) is 3.91. The number of aromatic nitrogens is 2. The van der Waals surface area contributed by atoms with Gasteiger partial charge >= 0.3 is 6.18 Å². The van der Waals surface area contributed by atoms with E-state index in [4.69, 9.17) is 11.6 Å². The first kappa shape index (κ1) is 18.5. The van der Waals surface area contributed by atoms with Gasteiger partial charge in [0.05, 0.1) is 4.90 Å². The van der Waals surface area contributed by atoms with E-state index in [1.165, 1.54) is 48.5 Å². The highest BCUT2D eigenvalue weighted by Crippen LogP contribution is 2.37. The van der Waals surface area contributed by atoms with Crippen LogP contribution in [0.1, 0.15) is 11.3 Å². The first-order valence-corrected chi connectivity index (χ1v) is 9.19. The van der Waals surface area contributed by atoms with E-state index in [9.17, 15) is 21.6 Å². The van der Waals surface area contributed by atoms with E-state index in [1.54, 1.807) is 6.92 Å². The van der Waals surface area contributed by atoms with Crippen LogP contribution in [0.2, 0.25) is 5.02 Å². The number of nitrogens with zero attached hydrogens (tertiary/aromatic N) is 2. The lowest BCUT2D eigenvalue weighted by Crippen LogP contribution is -2.17. The third-order valence-corrected chi connectivity index (χ3v) is 5.65. The molecule has 0 N–H and O–H groups in total. The Hall–Kier alpha value is -2.32. The van der Waals surface area contributed by atoms with Gasteiger partial charge in [-0.15, -0.1) is 0 Å². The second kappa shape index (κ2) is 6.44. The summed E-state index contributed by atoms with van der Waals surface area (Å²) >= 11 is 5.76. The molecule has 0 fully saturated rings. The second-order valence-corrected chi connectivity index (χ2v) is 7.86. The van der Waals surface area contributed by atoms with Crippen molar-refractivity contribution in [2.45, 2.75) is 23.0 Å². The Kier molecular flexibility index (Phi) is 4.58. The van der Waals surface area contributed by atoms with Crippen LogP contribution in [0.25, 0.3) is 5.69 Å². The Labute approximate surface area is 152 Å². The summed E-state index contributed by atoms with van der Waals surface area (Å²) in [6, 6.07) is 11.0. The zero-order valence-electron chi connectivity index (χ0n) is 13.3. The van der Waals surface area contributed by atoms with Crippen molar-refractivity contribution in [1.29, 1.82) is 0 Å². The van der Waals surface area contributed by atoms with Crippen LogP contribution in [-0.2, 0) is 16.0 Å². The van der Waals surface area contributed by atoms with Gasteiger partial charge in [-0.3, -0.25) is 4.57 Å². The molecule has 0 bridgehead atoms. The van der Waals surface area contributed by atoms with Gasteiger partial charge in [-0.2, -0.15) is 13.2 Å². The molecule has 0 spiro atoms. The maximum Gasteiger partial charge on any atom is 0.434 e. The van der Waals surface area contributed by atoms with Gasteiger partial charge in [0.2, 0.25) is 9.84 Å². The number of hydrogen-bond acceptors (Lipinski definition) is 3. The molecule has 0 radical (unpaired) electrons. The molecule has 0 atom stereocenters. The van der Waals surface area contributed by atoms with Crippen molar-refractivity contribution in [3.8, 4) is 5.69 Å². The van der Waals surface area contributed by atoms with Crippen molar-refractivity contribution in [2.24, 2.45) is 0 Å². The lowest BCUT2D eigenvalue weighted by atomic mass is 10.2. The van der Waals surface area contributed by atoms with Crippen molar-refractivity contribution in [3.05, 3.63) is 71.1 Å². The summed E-state index contributed by atoms with van der Waals surface area (Å²) < 4.78 is 67.1. The number of hydrogen-bond donors (Lipinski definition) is 0. The number of benzene rings is 2. The van der Waals surface area contributed by atoms with Gasteiger partial charge in [0.25, 0.3) is 0 Å². The summed E-state index contributed by atoms with van der Waals surface area (Å²) in [5, 5.41) is -0.696. The highest BCUT2D eigenvalue weighted by atomic mass is 35.5. The molecule has 3 aromatic rings. The third kappa shape index (κ3) is 3.34. The van der Waals surface area contributed by atoms with Gasteiger partial charge in [0, 0.05) is 10.7 Å². The molecule has 4 nitrogen and oxygen atoms in total. The second-order valence-electron chi connectivity index (χ2n) is 5.56. The van der Waals surface area contributed by atoms with Crippen LogP contribution >= 0.6 is 11.6 Å². The van der Waals surface area contributed by atoms with Crippen molar-refractivity contribution >= 4 is 21.4 Å². The van der Waals surface area contributed by atoms with E-state index in [-0.39, 0.29) is 10.6 Å². The summed E-state index contributed by atoms with van der Waals surface area (Å²) in [6.45, 7) is 1.74. The molecule has 136 valence electrons. The molecule has 2 aromatic carbocycles. The van der Waals surface area contributed by atoms with E-state index >= 15 is 0 Å². The molecule has 26 heavy (non-hydrogen) atoms. The molecule has 0 saturated heterocycles. The Morgan fingerprint density at radius 2 is 1.58 bits per heavy atom. The zero-order valence-corrected chi connectivity index (χ0v) is 14.9. The van der Waals surface area contributed by atoms with Crippen molar-refractivity contribution in [3.63, 3.8) is 0 Å². The summed E-state index contributed by atoms with van der Waals surface area (Å²) in [5.74, 6) is 0. The van der Waals surface area contributed by atoms with Crippen molar-refractivity contribution < 1.29 is 21.6 Å². The lowest BCUT2D eigenvalue weighted by Gasteiger charge is -2.13. The molecular weight excluding hydrogens is 389 g/mol. The van der Waals surface area contributed by atoms with Gasteiger partial charge < -0.3 is 0 Å². The van der Waals surface area contributed by atoms with Crippen molar-refractivity contribution in [1.82, 2.24) is 9.55 Å². The molecule has 0 amide bonds. The standard InChI is InChI=1S/C17H12ClF3N2O2S/c1-11-2-8-14(9-3-11)26(24,25)16-15(17(19,20)21)23(10-22-16)13-6-4-12(18)5-7-13/h2-10H,1H3. The quantitative estimate of drug-likeness (QED) is 0.641. The Balaban J connectivity index is 2.23. The fraction of sp³-hybridized carbons (Fsp3) is 0.118. The number of rotatable bonds is 3. The van der Waals surface area contributed by atoms with E-state index in [2.05, 4.69) is 4.98 Å². The highest BCUT2D eigenvalue weighted by molar-refractivity contribution is 7.91. The number of halogens is 4. The zero-order chi connectivity index (χ0) is 19.1. The molecule has 9 heteroatoms. The minimum atomic E-state index is -4.93. The van der Waals surface area contributed by atoms with Gasteiger partial charge in [-0.25, -0.2) is 13.4 Å². The molecule has 0 saturated carbocycles. The van der Waals surface area contributed by atoms with Crippen LogP contribution in [0, 0.1) is 6.92 Å². The smallest absolute Gasteiger partial charge is 0.294 e. The van der Waals surface area contributed by atoms with Crippen LogP contribution in [0.5, 0.6) is 0 Å². The first-order valence-electron chi connectivity index (χ1n) is 7.33. The minimum Gasteiger partial charge on any atom is -0.294 e. The molecule has 1 heterocycles. The van der Waals surface area contributed by atoms with E-state index in [1.807, 2.05) is 0 Å². The average Bonchev–Trinajstić information content (AvgIpc) is 3.02. The molecule has 0 aliphatic carbocycles. The maximum absolute atomic E-state index is 13.7. The number of alkyl halides is 3. The monoisotopic (exact) mass is 400 g/mol. The summed E-state index contributed by atoms with van der Waals surface area (Å²) in [4.78, 5) is 3.32.